The molecule has 0 N–H and O–H groups in total. The van der Waals surface area contributed by atoms with Crippen LogP contribution in [-0.2, 0) is 4.74 Å². The maximum absolute atomic E-state index is 9.34. The van der Waals surface area contributed by atoms with E-state index >= 15 is 0 Å². The Morgan fingerprint density at radius 3 is 2.31 bits per heavy atom. The molecule has 4 rings (SSSR count). The lowest BCUT2D eigenvalue weighted by atomic mass is 9.78. The standard InChI is InChI=1S/C25H23N3O/c26-18-22(19-27)21-16-24(29-25(17-21)12-2-1-3-13-25)11-8-20-6-9-23(10-7-20)28-14-4-5-15-28/h4-11,14-16H,1-3,12-13,17H2/b11-8+. The maximum Gasteiger partial charge on any atom is 0.133 e. The van der Waals surface area contributed by atoms with Crippen molar-refractivity contribution < 1.29 is 4.74 Å². The summed E-state index contributed by atoms with van der Waals surface area (Å²) in [6.45, 7) is 0. The number of rotatable bonds is 3. The fourth-order valence-corrected chi connectivity index (χ4v) is 4.21. The summed E-state index contributed by atoms with van der Waals surface area (Å²) >= 11 is 0. The minimum Gasteiger partial charge on any atom is -0.487 e. The van der Waals surface area contributed by atoms with Crippen molar-refractivity contribution in [2.24, 2.45) is 0 Å². The van der Waals surface area contributed by atoms with Crippen molar-refractivity contribution in [3.63, 3.8) is 0 Å². The average Bonchev–Trinajstić information content (AvgIpc) is 3.29. The Morgan fingerprint density at radius 1 is 0.966 bits per heavy atom. The Morgan fingerprint density at radius 2 is 1.66 bits per heavy atom. The third-order valence-electron chi connectivity index (χ3n) is 5.71. The molecule has 1 aromatic carbocycles. The largest absolute Gasteiger partial charge is 0.487 e. The van der Waals surface area contributed by atoms with E-state index in [0.717, 1.165) is 48.3 Å². The zero-order valence-electron chi connectivity index (χ0n) is 16.3. The number of benzene rings is 1. The summed E-state index contributed by atoms with van der Waals surface area (Å²) in [4.78, 5) is 0. The van der Waals surface area contributed by atoms with E-state index in [9.17, 15) is 10.5 Å². The van der Waals surface area contributed by atoms with E-state index in [0.29, 0.717) is 6.42 Å². The fourth-order valence-electron chi connectivity index (χ4n) is 4.21. The highest BCUT2D eigenvalue weighted by atomic mass is 16.5. The summed E-state index contributed by atoms with van der Waals surface area (Å²) in [5.74, 6) is 0.727. The summed E-state index contributed by atoms with van der Waals surface area (Å²) < 4.78 is 8.47. The summed E-state index contributed by atoms with van der Waals surface area (Å²) in [5, 5.41) is 18.7. The van der Waals surface area contributed by atoms with Gasteiger partial charge in [0.25, 0.3) is 0 Å². The highest BCUT2D eigenvalue weighted by molar-refractivity contribution is 5.56. The van der Waals surface area contributed by atoms with E-state index in [-0.39, 0.29) is 11.2 Å². The summed E-state index contributed by atoms with van der Waals surface area (Å²) in [6.07, 6.45) is 15.9. The molecule has 0 atom stereocenters. The quantitative estimate of drug-likeness (QED) is 0.627. The molecule has 0 saturated heterocycles. The highest BCUT2D eigenvalue weighted by Crippen LogP contribution is 2.42. The van der Waals surface area contributed by atoms with Crippen LogP contribution in [0.5, 0.6) is 0 Å². The monoisotopic (exact) mass is 381 g/mol. The van der Waals surface area contributed by atoms with Gasteiger partial charge in [-0.2, -0.15) is 10.5 Å². The second-order valence-corrected chi connectivity index (χ2v) is 7.71. The zero-order valence-corrected chi connectivity index (χ0v) is 16.3. The maximum atomic E-state index is 9.34. The summed E-state index contributed by atoms with van der Waals surface area (Å²) in [6, 6.07) is 16.4. The molecule has 1 spiro atoms. The van der Waals surface area contributed by atoms with E-state index in [4.69, 9.17) is 4.74 Å². The van der Waals surface area contributed by atoms with Crippen LogP contribution < -0.4 is 0 Å². The van der Waals surface area contributed by atoms with Crippen molar-refractivity contribution in [3.8, 4) is 17.8 Å². The lowest BCUT2D eigenvalue weighted by Crippen LogP contribution is -2.37. The van der Waals surface area contributed by atoms with Gasteiger partial charge in [-0.3, -0.25) is 0 Å². The molecule has 2 heterocycles. The van der Waals surface area contributed by atoms with Gasteiger partial charge < -0.3 is 9.30 Å². The van der Waals surface area contributed by atoms with E-state index in [1.165, 1.54) is 6.42 Å². The fraction of sp³-hybridized carbons (Fsp3) is 0.280. The van der Waals surface area contributed by atoms with E-state index < -0.39 is 0 Å². The lowest BCUT2D eigenvalue weighted by molar-refractivity contribution is -0.0285. The normalized spacial score (nSPS) is 18.0. The van der Waals surface area contributed by atoms with E-state index in [1.807, 2.05) is 54.9 Å². The highest BCUT2D eigenvalue weighted by Gasteiger charge is 2.38. The van der Waals surface area contributed by atoms with Crippen molar-refractivity contribution in [2.45, 2.75) is 44.1 Å². The third kappa shape index (κ3) is 4.18. The molecule has 144 valence electrons. The van der Waals surface area contributed by atoms with Crippen LogP contribution in [0, 0.1) is 22.7 Å². The van der Waals surface area contributed by atoms with Gasteiger partial charge in [0.05, 0.1) is 0 Å². The van der Waals surface area contributed by atoms with Crippen molar-refractivity contribution in [3.05, 3.63) is 83.4 Å². The van der Waals surface area contributed by atoms with Crippen LogP contribution >= 0.6 is 0 Å². The number of nitrogens with zero attached hydrogens (tertiary/aromatic N) is 3. The second kappa shape index (κ2) is 8.25. The molecule has 0 radical (unpaired) electrons. The predicted octanol–water partition coefficient (Wildman–Crippen LogP) is 5.84. The first-order chi connectivity index (χ1) is 14.2. The number of aromatic nitrogens is 1. The third-order valence-corrected chi connectivity index (χ3v) is 5.71. The van der Waals surface area contributed by atoms with Gasteiger partial charge in [0, 0.05) is 24.5 Å². The summed E-state index contributed by atoms with van der Waals surface area (Å²) in [5.41, 5.74) is 2.89. The Labute approximate surface area is 171 Å². The minimum absolute atomic E-state index is 0.195. The molecular weight excluding hydrogens is 358 g/mol. The molecule has 1 aliphatic heterocycles. The molecule has 1 aliphatic carbocycles. The van der Waals surface area contributed by atoms with Crippen LogP contribution in [-0.4, -0.2) is 10.2 Å². The Hall–Kier alpha value is -3.50. The van der Waals surface area contributed by atoms with Gasteiger partial charge in [-0.05, 0) is 73.2 Å². The van der Waals surface area contributed by atoms with Gasteiger partial charge in [0.15, 0.2) is 0 Å². The average molecular weight is 381 g/mol. The molecule has 1 fully saturated rings. The van der Waals surface area contributed by atoms with Crippen LogP contribution in [0.4, 0.5) is 0 Å². The number of allylic oxidation sites excluding steroid dienone is 3. The minimum atomic E-state index is -0.279. The van der Waals surface area contributed by atoms with Crippen LogP contribution in [0.2, 0.25) is 0 Å². The molecule has 29 heavy (non-hydrogen) atoms. The number of hydrogen-bond donors (Lipinski definition) is 0. The van der Waals surface area contributed by atoms with E-state index in [2.05, 4.69) is 28.8 Å². The van der Waals surface area contributed by atoms with Crippen molar-refractivity contribution in [2.75, 3.05) is 0 Å². The van der Waals surface area contributed by atoms with Crippen molar-refractivity contribution in [1.82, 2.24) is 4.57 Å². The Kier molecular flexibility index (Phi) is 5.36. The van der Waals surface area contributed by atoms with Crippen molar-refractivity contribution >= 4 is 6.08 Å². The van der Waals surface area contributed by atoms with Gasteiger partial charge >= 0.3 is 0 Å². The van der Waals surface area contributed by atoms with Gasteiger partial charge in [0.2, 0.25) is 0 Å². The first kappa shape index (κ1) is 18.8. The molecule has 1 aromatic heterocycles. The van der Waals surface area contributed by atoms with Gasteiger partial charge in [0.1, 0.15) is 29.1 Å². The number of hydrogen-bond acceptors (Lipinski definition) is 3. The molecule has 0 bridgehead atoms. The lowest BCUT2D eigenvalue weighted by Gasteiger charge is -2.41. The van der Waals surface area contributed by atoms with Gasteiger partial charge in [-0.15, -0.1) is 0 Å². The molecule has 0 amide bonds. The second-order valence-electron chi connectivity index (χ2n) is 7.71. The Balaban J connectivity index is 1.59. The number of ether oxygens (including phenoxy) is 1. The topological polar surface area (TPSA) is 61.7 Å². The molecule has 2 aliphatic rings. The SMILES string of the molecule is N#CC(C#N)=C1C=C(/C=C/c2ccc(-n3cccc3)cc2)OC2(CCCCC2)C1. The first-order valence-corrected chi connectivity index (χ1v) is 10.1. The van der Waals surface area contributed by atoms with Crippen LogP contribution in [0.1, 0.15) is 44.1 Å². The van der Waals surface area contributed by atoms with Crippen LogP contribution in [0.15, 0.2) is 77.8 Å². The first-order valence-electron chi connectivity index (χ1n) is 10.1. The van der Waals surface area contributed by atoms with Gasteiger partial charge in [-0.1, -0.05) is 24.6 Å². The molecule has 2 aromatic rings. The smallest absolute Gasteiger partial charge is 0.133 e. The zero-order chi connectivity index (χ0) is 20.1. The molecular formula is C25H23N3O. The van der Waals surface area contributed by atoms with Crippen molar-refractivity contribution in [1.29, 1.82) is 10.5 Å². The molecule has 4 heteroatoms. The van der Waals surface area contributed by atoms with E-state index in [1.54, 1.807) is 0 Å². The summed E-state index contributed by atoms with van der Waals surface area (Å²) in [7, 11) is 0. The molecule has 4 nitrogen and oxygen atoms in total. The number of nitriles is 2. The predicted molar refractivity (Wildman–Crippen MR) is 113 cm³/mol. The van der Waals surface area contributed by atoms with Crippen LogP contribution in [0.3, 0.4) is 0 Å². The molecule has 1 saturated carbocycles. The van der Waals surface area contributed by atoms with Gasteiger partial charge in [-0.25, -0.2) is 0 Å². The molecule has 0 unspecified atom stereocenters. The Bertz CT molecular complexity index is 1020. The van der Waals surface area contributed by atoms with Crippen LogP contribution in [0.25, 0.3) is 11.8 Å².